The molecule has 5 nitrogen and oxygen atoms in total. The van der Waals surface area contributed by atoms with E-state index >= 15 is 0 Å². The molecule has 6 heteroatoms. The molecule has 0 aliphatic heterocycles. The van der Waals surface area contributed by atoms with Crippen molar-refractivity contribution >= 4 is 15.7 Å². The topological polar surface area (TPSA) is 62.3 Å². The van der Waals surface area contributed by atoms with Crippen molar-refractivity contribution in [2.24, 2.45) is 0 Å². The summed E-state index contributed by atoms with van der Waals surface area (Å²) in [6.07, 6.45) is 3.76. The van der Waals surface area contributed by atoms with Crippen LogP contribution in [0.25, 0.3) is 0 Å². The van der Waals surface area contributed by atoms with Crippen molar-refractivity contribution in [3.8, 4) is 0 Å². The molecular formula is C15H25N3O2S. The second kappa shape index (κ2) is 6.32. The third-order valence-electron chi connectivity index (χ3n) is 3.76. The van der Waals surface area contributed by atoms with Gasteiger partial charge in [-0.2, -0.15) is 0 Å². The molecule has 0 atom stereocenters. The van der Waals surface area contributed by atoms with E-state index in [4.69, 9.17) is 0 Å². The van der Waals surface area contributed by atoms with Gasteiger partial charge in [0.2, 0.25) is 0 Å². The molecule has 2 rings (SSSR count). The van der Waals surface area contributed by atoms with Crippen molar-refractivity contribution in [2.75, 3.05) is 30.5 Å². The fourth-order valence-corrected chi connectivity index (χ4v) is 2.93. The summed E-state index contributed by atoms with van der Waals surface area (Å²) in [6.45, 7) is 5.32. The van der Waals surface area contributed by atoms with Crippen molar-refractivity contribution in [1.82, 2.24) is 10.3 Å². The Morgan fingerprint density at radius 3 is 2.62 bits per heavy atom. The van der Waals surface area contributed by atoms with Crippen LogP contribution in [0.1, 0.15) is 29.7 Å². The molecule has 1 N–H and O–H groups in total. The Morgan fingerprint density at radius 1 is 1.38 bits per heavy atom. The van der Waals surface area contributed by atoms with E-state index < -0.39 is 9.84 Å². The van der Waals surface area contributed by atoms with Crippen molar-refractivity contribution in [3.63, 3.8) is 0 Å². The molecule has 0 amide bonds. The summed E-state index contributed by atoms with van der Waals surface area (Å²) in [5.74, 6) is 1.04. The van der Waals surface area contributed by atoms with E-state index in [1.165, 1.54) is 30.2 Å². The summed E-state index contributed by atoms with van der Waals surface area (Å²) in [5.41, 5.74) is 3.34. The number of hydrogen-bond acceptors (Lipinski definition) is 5. The Morgan fingerprint density at radius 2 is 2.05 bits per heavy atom. The smallest absolute Gasteiger partial charge is 0.149 e. The van der Waals surface area contributed by atoms with Crippen LogP contribution in [0.5, 0.6) is 0 Å². The van der Waals surface area contributed by atoms with Crippen LogP contribution in [0.4, 0.5) is 5.82 Å². The highest BCUT2D eigenvalue weighted by Gasteiger charge is 2.22. The third kappa shape index (κ3) is 4.97. The lowest BCUT2D eigenvalue weighted by atomic mass is 10.1. The first kappa shape index (κ1) is 16.2. The van der Waals surface area contributed by atoms with Gasteiger partial charge in [0.25, 0.3) is 0 Å². The zero-order valence-corrected chi connectivity index (χ0v) is 14.1. The van der Waals surface area contributed by atoms with Gasteiger partial charge in [-0.3, -0.25) is 0 Å². The zero-order chi connectivity index (χ0) is 15.6. The van der Waals surface area contributed by atoms with Crippen LogP contribution in [0, 0.1) is 13.8 Å². The van der Waals surface area contributed by atoms with Crippen LogP contribution in [-0.4, -0.2) is 45.0 Å². The summed E-state index contributed by atoms with van der Waals surface area (Å²) >= 11 is 0. The predicted molar refractivity (Wildman–Crippen MR) is 86.6 cm³/mol. The van der Waals surface area contributed by atoms with Crippen LogP contribution < -0.4 is 10.2 Å². The lowest BCUT2D eigenvalue weighted by Crippen LogP contribution is -2.28. The van der Waals surface area contributed by atoms with E-state index in [0.717, 1.165) is 18.1 Å². The minimum atomic E-state index is -2.96. The van der Waals surface area contributed by atoms with Crippen molar-refractivity contribution in [1.29, 1.82) is 0 Å². The van der Waals surface area contributed by atoms with Gasteiger partial charge in [-0.15, -0.1) is 0 Å². The van der Waals surface area contributed by atoms with E-state index in [1.54, 1.807) is 0 Å². The Hall–Kier alpha value is -1.14. The molecule has 0 unspecified atom stereocenters. The van der Waals surface area contributed by atoms with Gasteiger partial charge in [-0.25, -0.2) is 13.4 Å². The lowest BCUT2D eigenvalue weighted by molar-refractivity contribution is 0.600. The molecule has 0 aromatic carbocycles. The summed E-state index contributed by atoms with van der Waals surface area (Å²) < 4.78 is 22.7. The minimum absolute atomic E-state index is 0.146. The fraction of sp³-hybridized carbons (Fsp3) is 0.667. The second-order valence-electron chi connectivity index (χ2n) is 6.09. The van der Waals surface area contributed by atoms with Gasteiger partial charge in [0.1, 0.15) is 15.7 Å². The van der Waals surface area contributed by atoms with E-state index in [0.29, 0.717) is 12.6 Å². The van der Waals surface area contributed by atoms with Crippen LogP contribution in [0.15, 0.2) is 6.07 Å². The van der Waals surface area contributed by atoms with E-state index in [1.807, 2.05) is 18.9 Å². The van der Waals surface area contributed by atoms with Gasteiger partial charge < -0.3 is 10.2 Å². The maximum absolute atomic E-state index is 11.3. The highest BCUT2D eigenvalue weighted by atomic mass is 32.2. The molecule has 1 fully saturated rings. The first-order valence-corrected chi connectivity index (χ1v) is 9.41. The fourth-order valence-electron chi connectivity index (χ4n) is 2.32. The Balaban J connectivity index is 2.17. The summed E-state index contributed by atoms with van der Waals surface area (Å²) in [5, 5.41) is 3.52. The van der Waals surface area contributed by atoms with Gasteiger partial charge in [0.15, 0.2) is 0 Å². The molecule has 1 aliphatic carbocycles. The molecular weight excluding hydrogens is 286 g/mol. The maximum Gasteiger partial charge on any atom is 0.149 e. The average molecular weight is 311 g/mol. The Bertz CT molecular complexity index is 610. The molecule has 1 aromatic heterocycles. The molecule has 21 heavy (non-hydrogen) atoms. The highest BCUT2D eigenvalue weighted by Crippen LogP contribution is 2.24. The number of aryl methyl sites for hydroxylation is 2. The molecule has 1 heterocycles. The van der Waals surface area contributed by atoms with Gasteiger partial charge in [0.05, 0.1) is 5.75 Å². The SMILES string of the molecule is Cc1cc(C)c(CNC2CC2)c(N(C)CCS(C)(=O)=O)n1. The van der Waals surface area contributed by atoms with E-state index in [2.05, 4.69) is 23.3 Å². The van der Waals surface area contributed by atoms with Crippen molar-refractivity contribution < 1.29 is 8.42 Å². The first-order chi connectivity index (χ1) is 9.76. The van der Waals surface area contributed by atoms with E-state index in [-0.39, 0.29) is 5.75 Å². The number of anilines is 1. The number of aromatic nitrogens is 1. The largest absolute Gasteiger partial charge is 0.358 e. The molecule has 0 radical (unpaired) electrons. The number of rotatable bonds is 7. The molecule has 1 saturated carbocycles. The number of sulfone groups is 1. The van der Waals surface area contributed by atoms with Gasteiger partial charge in [-0.05, 0) is 38.3 Å². The average Bonchev–Trinajstić information content (AvgIpc) is 3.17. The number of nitrogens with one attached hydrogen (secondary N) is 1. The normalized spacial score (nSPS) is 15.2. The quantitative estimate of drug-likeness (QED) is 0.825. The van der Waals surface area contributed by atoms with Crippen LogP contribution in [-0.2, 0) is 16.4 Å². The lowest BCUT2D eigenvalue weighted by Gasteiger charge is -2.23. The third-order valence-corrected chi connectivity index (χ3v) is 4.68. The minimum Gasteiger partial charge on any atom is -0.358 e. The molecule has 0 saturated heterocycles. The number of pyridine rings is 1. The van der Waals surface area contributed by atoms with Crippen LogP contribution in [0.2, 0.25) is 0 Å². The molecule has 118 valence electrons. The number of hydrogen-bond donors (Lipinski definition) is 1. The van der Waals surface area contributed by atoms with Crippen LogP contribution >= 0.6 is 0 Å². The standard InChI is InChI=1S/C15H25N3O2S/c1-11-9-12(2)17-15(14(11)10-16-13-5-6-13)18(3)7-8-21(4,19)20/h9,13,16H,5-8,10H2,1-4H3. The van der Waals surface area contributed by atoms with E-state index in [9.17, 15) is 8.42 Å². The van der Waals surface area contributed by atoms with Crippen molar-refractivity contribution in [2.45, 2.75) is 39.3 Å². The van der Waals surface area contributed by atoms with Crippen LogP contribution in [0.3, 0.4) is 0 Å². The first-order valence-electron chi connectivity index (χ1n) is 7.35. The number of nitrogens with zero attached hydrogens (tertiary/aromatic N) is 2. The van der Waals surface area contributed by atoms with Gasteiger partial charge in [-0.1, -0.05) is 0 Å². The summed E-state index contributed by atoms with van der Waals surface area (Å²) in [6, 6.07) is 2.72. The summed E-state index contributed by atoms with van der Waals surface area (Å²) in [4.78, 5) is 6.57. The monoisotopic (exact) mass is 311 g/mol. The Kier molecular flexibility index (Phi) is 4.88. The maximum atomic E-state index is 11.3. The molecule has 0 spiro atoms. The zero-order valence-electron chi connectivity index (χ0n) is 13.3. The molecule has 0 bridgehead atoms. The summed E-state index contributed by atoms with van der Waals surface area (Å²) in [7, 11) is -1.05. The Labute approximate surface area is 127 Å². The molecule has 1 aliphatic rings. The van der Waals surface area contributed by atoms with Crippen molar-refractivity contribution in [3.05, 3.63) is 22.9 Å². The highest BCUT2D eigenvalue weighted by molar-refractivity contribution is 7.90. The van der Waals surface area contributed by atoms with Gasteiger partial charge in [0, 0.05) is 43.7 Å². The van der Waals surface area contributed by atoms with Gasteiger partial charge >= 0.3 is 0 Å². The predicted octanol–water partition coefficient (Wildman–Crippen LogP) is 1.43. The molecule has 1 aromatic rings. The second-order valence-corrected chi connectivity index (χ2v) is 8.35.